The number of nitrogens with two attached hydrogens (primary N) is 1. The predicted molar refractivity (Wildman–Crippen MR) is 74.0 cm³/mol. The Balaban J connectivity index is 2.06. The predicted octanol–water partition coefficient (Wildman–Crippen LogP) is 1.18. The summed E-state index contributed by atoms with van der Waals surface area (Å²) in [6.07, 6.45) is 3.30. The largest absolute Gasteiger partial charge is 0.463 e. The summed E-state index contributed by atoms with van der Waals surface area (Å²) in [5, 5.41) is 0. The Morgan fingerprint density at radius 1 is 1.26 bits per heavy atom. The standard InChI is InChI=1S/C12H22N6O/c1-9(2)5-8-19-12-15-10(17-13)14-11(16-12)18-6-3-4-7-18/h9H,3-8,13H2,1-2H3,(H,14,15,16,17). The van der Waals surface area contributed by atoms with Crippen LogP contribution in [0.15, 0.2) is 0 Å². The highest BCUT2D eigenvalue weighted by molar-refractivity contribution is 5.38. The molecule has 7 heteroatoms. The molecule has 19 heavy (non-hydrogen) atoms. The van der Waals surface area contributed by atoms with Gasteiger partial charge in [-0.3, -0.25) is 5.43 Å². The van der Waals surface area contributed by atoms with Gasteiger partial charge >= 0.3 is 6.01 Å². The second-order valence-electron chi connectivity index (χ2n) is 5.11. The number of aromatic nitrogens is 3. The number of hydrogen-bond donors (Lipinski definition) is 2. The van der Waals surface area contributed by atoms with Crippen molar-refractivity contribution >= 4 is 11.9 Å². The first-order valence-corrected chi connectivity index (χ1v) is 6.79. The van der Waals surface area contributed by atoms with Crippen molar-refractivity contribution in [2.75, 3.05) is 30.0 Å². The number of nitrogen functional groups attached to an aromatic ring is 1. The van der Waals surface area contributed by atoms with E-state index in [1.807, 2.05) is 0 Å². The molecular weight excluding hydrogens is 244 g/mol. The fraction of sp³-hybridized carbons (Fsp3) is 0.750. The van der Waals surface area contributed by atoms with Gasteiger partial charge in [0.1, 0.15) is 0 Å². The molecular formula is C12H22N6O. The van der Waals surface area contributed by atoms with E-state index < -0.39 is 0 Å². The summed E-state index contributed by atoms with van der Waals surface area (Å²) >= 11 is 0. The number of rotatable bonds is 6. The zero-order chi connectivity index (χ0) is 13.7. The zero-order valence-electron chi connectivity index (χ0n) is 11.6. The molecule has 0 spiro atoms. The first kappa shape index (κ1) is 13.8. The van der Waals surface area contributed by atoms with Crippen LogP contribution in [-0.4, -0.2) is 34.6 Å². The van der Waals surface area contributed by atoms with E-state index in [2.05, 4.69) is 39.1 Å². The molecule has 1 aliphatic heterocycles. The minimum absolute atomic E-state index is 0.338. The second-order valence-corrected chi connectivity index (χ2v) is 5.11. The SMILES string of the molecule is CC(C)CCOc1nc(NN)nc(N2CCCC2)n1. The molecule has 0 radical (unpaired) electrons. The topological polar surface area (TPSA) is 89.2 Å². The molecule has 7 nitrogen and oxygen atoms in total. The fourth-order valence-electron chi connectivity index (χ4n) is 1.92. The molecule has 0 aliphatic carbocycles. The molecule has 1 fully saturated rings. The fourth-order valence-corrected chi connectivity index (χ4v) is 1.92. The lowest BCUT2D eigenvalue weighted by atomic mass is 10.1. The van der Waals surface area contributed by atoms with Crippen molar-refractivity contribution in [3.63, 3.8) is 0 Å². The van der Waals surface area contributed by atoms with Gasteiger partial charge in [0.2, 0.25) is 11.9 Å². The van der Waals surface area contributed by atoms with E-state index in [1.54, 1.807) is 0 Å². The van der Waals surface area contributed by atoms with E-state index in [-0.39, 0.29) is 0 Å². The lowest BCUT2D eigenvalue weighted by Crippen LogP contribution is -2.23. The molecule has 1 aliphatic rings. The number of nitrogens with one attached hydrogen (secondary N) is 1. The summed E-state index contributed by atoms with van der Waals surface area (Å²) < 4.78 is 5.58. The third kappa shape index (κ3) is 3.92. The van der Waals surface area contributed by atoms with Crippen molar-refractivity contribution in [3.8, 4) is 6.01 Å². The van der Waals surface area contributed by atoms with Crippen LogP contribution in [0.2, 0.25) is 0 Å². The lowest BCUT2D eigenvalue weighted by molar-refractivity contribution is 0.268. The molecule has 2 rings (SSSR count). The molecule has 0 unspecified atom stereocenters. The van der Waals surface area contributed by atoms with Crippen LogP contribution in [0.3, 0.4) is 0 Å². The third-order valence-electron chi connectivity index (χ3n) is 3.05. The highest BCUT2D eigenvalue weighted by atomic mass is 16.5. The molecule has 106 valence electrons. The molecule has 1 aromatic heterocycles. The van der Waals surface area contributed by atoms with Crippen LogP contribution in [0.25, 0.3) is 0 Å². The highest BCUT2D eigenvalue weighted by Crippen LogP contribution is 2.19. The van der Waals surface area contributed by atoms with Crippen LogP contribution < -0.4 is 20.9 Å². The molecule has 0 amide bonds. The maximum atomic E-state index is 5.58. The molecule has 0 saturated carbocycles. The van der Waals surface area contributed by atoms with Gasteiger partial charge in [-0.05, 0) is 25.2 Å². The van der Waals surface area contributed by atoms with Crippen LogP contribution >= 0.6 is 0 Å². The molecule has 1 aromatic rings. The number of hydrazine groups is 1. The second kappa shape index (κ2) is 6.51. The summed E-state index contributed by atoms with van der Waals surface area (Å²) in [7, 11) is 0. The molecule has 1 saturated heterocycles. The zero-order valence-corrected chi connectivity index (χ0v) is 11.6. The van der Waals surface area contributed by atoms with E-state index in [0.717, 1.165) is 19.5 Å². The summed E-state index contributed by atoms with van der Waals surface area (Å²) in [5.74, 6) is 6.96. The first-order valence-electron chi connectivity index (χ1n) is 6.79. The van der Waals surface area contributed by atoms with E-state index in [1.165, 1.54) is 12.8 Å². The number of hydrogen-bond acceptors (Lipinski definition) is 7. The average molecular weight is 266 g/mol. The van der Waals surface area contributed by atoms with E-state index in [4.69, 9.17) is 10.6 Å². The van der Waals surface area contributed by atoms with Crippen molar-refractivity contribution < 1.29 is 4.74 Å². The Labute approximate surface area is 113 Å². The Bertz CT molecular complexity index is 405. The van der Waals surface area contributed by atoms with Crippen molar-refractivity contribution in [1.82, 2.24) is 15.0 Å². The molecule has 2 heterocycles. The summed E-state index contributed by atoms with van der Waals surface area (Å²) in [6, 6.07) is 0.338. The molecule has 3 N–H and O–H groups in total. The van der Waals surface area contributed by atoms with Gasteiger partial charge in [-0.15, -0.1) is 0 Å². The van der Waals surface area contributed by atoms with E-state index >= 15 is 0 Å². The Hall–Kier alpha value is -1.63. The minimum atomic E-state index is 0.338. The summed E-state index contributed by atoms with van der Waals surface area (Å²) in [5.41, 5.74) is 2.46. The van der Waals surface area contributed by atoms with Gasteiger partial charge in [0.15, 0.2) is 0 Å². The lowest BCUT2D eigenvalue weighted by Gasteiger charge is -2.16. The third-order valence-corrected chi connectivity index (χ3v) is 3.05. The van der Waals surface area contributed by atoms with E-state index in [0.29, 0.717) is 30.4 Å². The first-order chi connectivity index (χ1) is 9.19. The minimum Gasteiger partial charge on any atom is -0.463 e. The van der Waals surface area contributed by atoms with E-state index in [9.17, 15) is 0 Å². The van der Waals surface area contributed by atoms with Crippen molar-refractivity contribution in [2.45, 2.75) is 33.1 Å². The maximum absolute atomic E-state index is 5.58. The van der Waals surface area contributed by atoms with Crippen LogP contribution in [0.5, 0.6) is 6.01 Å². The normalized spacial score (nSPS) is 15.1. The summed E-state index contributed by atoms with van der Waals surface area (Å²) in [4.78, 5) is 14.8. The van der Waals surface area contributed by atoms with Gasteiger partial charge in [0.05, 0.1) is 6.61 Å². The monoisotopic (exact) mass is 266 g/mol. The quantitative estimate of drug-likeness (QED) is 0.590. The highest BCUT2D eigenvalue weighted by Gasteiger charge is 2.17. The van der Waals surface area contributed by atoms with Gasteiger partial charge < -0.3 is 9.64 Å². The van der Waals surface area contributed by atoms with Crippen LogP contribution in [0.1, 0.15) is 33.1 Å². The Kier molecular flexibility index (Phi) is 4.73. The van der Waals surface area contributed by atoms with Crippen molar-refractivity contribution in [2.24, 2.45) is 11.8 Å². The number of nitrogens with zero attached hydrogens (tertiary/aromatic N) is 4. The number of ether oxygens (including phenoxy) is 1. The maximum Gasteiger partial charge on any atom is 0.323 e. The average Bonchev–Trinajstić information content (AvgIpc) is 2.92. The summed E-state index contributed by atoms with van der Waals surface area (Å²) in [6.45, 7) is 6.85. The molecule has 0 aromatic carbocycles. The van der Waals surface area contributed by atoms with Crippen LogP contribution in [0.4, 0.5) is 11.9 Å². The number of anilines is 2. The molecule has 0 atom stereocenters. The van der Waals surface area contributed by atoms with Gasteiger partial charge in [0.25, 0.3) is 0 Å². The van der Waals surface area contributed by atoms with Gasteiger partial charge in [-0.1, -0.05) is 13.8 Å². The smallest absolute Gasteiger partial charge is 0.323 e. The Morgan fingerprint density at radius 2 is 2.00 bits per heavy atom. The van der Waals surface area contributed by atoms with Gasteiger partial charge in [0, 0.05) is 13.1 Å². The molecule has 0 bridgehead atoms. The van der Waals surface area contributed by atoms with Gasteiger partial charge in [-0.2, -0.15) is 15.0 Å². The van der Waals surface area contributed by atoms with Crippen molar-refractivity contribution in [1.29, 1.82) is 0 Å². The van der Waals surface area contributed by atoms with Crippen LogP contribution in [-0.2, 0) is 0 Å². The Morgan fingerprint density at radius 3 is 2.63 bits per heavy atom. The van der Waals surface area contributed by atoms with Crippen molar-refractivity contribution in [3.05, 3.63) is 0 Å². The van der Waals surface area contributed by atoms with Crippen LogP contribution in [0, 0.1) is 5.92 Å². The van der Waals surface area contributed by atoms with Gasteiger partial charge in [-0.25, -0.2) is 5.84 Å².